The first-order chi connectivity index (χ1) is 9.13. The number of nitrogens with one attached hydrogen (secondary N) is 1. The minimum atomic E-state index is 0.246. The van der Waals surface area contributed by atoms with Gasteiger partial charge in [0.25, 0.3) is 0 Å². The van der Waals surface area contributed by atoms with Crippen molar-refractivity contribution in [2.24, 2.45) is 5.84 Å². The van der Waals surface area contributed by atoms with Gasteiger partial charge in [-0.05, 0) is 36.6 Å². The Kier molecular flexibility index (Phi) is 4.76. The SMILES string of the molecule is CSc1ccc(Oc2nc(NN)c(Cl)cc2Cl)cc1. The fourth-order valence-electron chi connectivity index (χ4n) is 1.38. The maximum absolute atomic E-state index is 6.02. The molecule has 0 fully saturated rings. The first-order valence-electron chi connectivity index (χ1n) is 5.28. The van der Waals surface area contributed by atoms with Crippen molar-refractivity contribution in [3.8, 4) is 11.6 Å². The third-order valence-corrected chi connectivity index (χ3v) is 3.61. The molecule has 0 amide bonds. The van der Waals surface area contributed by atoms with Crippen LogP contribution in [0.3, 0.4) is 0 Å². The smallest absolute Gasteiger partial charge is 0.240 e. The van der Waals surface area contributed by atoms with Crippen LogP contribution in [0.5, 0.6) is 11.6 Å². The zero-order valence-electron chi connectivity index (χ0n) is 9.98. The zero-order chi connectivity index (χ0) is 13.8. The van der Waals surface area contributed by atoms with Crippen LogP contribution in [-0.4, -0.2) is 11.2 Å². The number of nitrogen functional groups attached to an aromatic ring is 1. The molecular weight excluding hydrogens is 305 g/mol. The van der Waals surface area contributed by atoms with Gasteiger partial charge in [-0.1, -0.05) is 23.2 Å². The lowest BCUT2D eigenvalue weighted by atomic mass is 10.3. The summed E-state index contributed by atoms with van der Waals surface area (Å²) in [4.78, 5) is 5.25. The number of ether oxygens (including phenoxy) is 1. The van der Waals surface area contributed by atoms with Crippen LogP contribution < -0.4 is 16.0 Å². The van der Waals surface area contributed by atoms with Crippen LogP contribution in [0.2, 0.25) is 10.0 Å². The number of nitrogens with two attached hydrogens (primary N) is 1. The maximum Gasteiger partial charge on any atom is 0.240 e. The molecule has 1 heterocycles. The van der Waals surface area contributed by atoms with Gasteiger partial charge in [-0.15, -0.1) is 11.8 Å². The lowest BCUT2D eigenvalue weighted by Gasteiger charge is -2.10. The van der Waals surface area contributed by atoms with E-state index in [0.29, 0.717) is 21.6 Å². The highest BCUT2D eigenvalue weighted by Gasteiger charge is 2.10. The molecule has 1 aromatic heterocycles. The maximum atomic E-state index is 6.02. The van der Waals surface area contributed by atoms with Crippen molar-refractivity contribution in [2.45, 2.75) is 4.90 Å². The number of hydrogen-bond acceptors (Lipinski definition) is 5. The number of nitrogens with zero attached hydrogens (tertiary/aromatic N) is 1. The van der Waals surface area contributed by atoms with Crippen molar-refractivity contribution >= 4 is 40.8 Å². The molecule has 100 valence electrons. The number of hydrazine groups is 1. The average molecular weight is 316 g/mol. The minimum absolute atomic E-state index is 0.246. The summed E-state index contributed by atoms with van der Waals surface area (Å²) in [5.41, 5.74) is 2.38. The Morgan fingerprint density at radius 1 is 1.21 bits per heavy atom. The summed E-state index contributed by atoms with van der Waals surface area (Å²) < 4.78 is 5.60. The molecule has 0 saturated heterocycles. The van der Waals surface area contributed by atoms with E-state index in [2.05, 4.69) is 10.4 Å². The number of aromatic nitrogens is 1. The Balaban J connectivity index is 2.26. The van der Waals surface area contributed by atoms with E-state index in [4.69, 9.17) is 33.8 Å². The van der Waals surface area contributed by atoms with Gasteiger partial charge >= 0.3 is 0 Å². The largest absolute Gasteiger partial charge is 0.437 e. The van der Waals surface area contributed by atoms with Crippen LogP contribution >= 0.6 is 35.0 Å². The highest BCUT2D eigenvalue weighted by atomic mass is 35.5. The second-order valence-electron chi connectivity index (χ2n) is 3.53. The molecule has 2 aromatic rings. The van der Waals surface area contributed by atoms with Crippen LogP contribution in [0.1, 0.15) is 0 Å². The highest BCUT2D eigenvalue weighted by molar-refractivity contribution is 7.98. The highest BCUT2D eigenvalue weighted by Crippen LogP contribution is 2.33. The molecule has 0 saturated carbocycles. The van der Waals surface area contributed by atoms with E-state index in [1.54, 1.807) is 11.8 Å². The van der Waals surface area contributed by atoms with Crippen LogP contribution in [-0.2, 0) is 0 Å². The van der Waals surface area contributed by atoms with Gasteiger partial charge in [0.15, 0.2) is 5.82 Å². The minimum Gasteiger partial charge on any atom is -0.437 e. The fraction of sp³-hybridized carbons (Fsp3) is 0.0833. The lowest BCUT2D eigenvalue weighted by molar-refractivity contribution is 0.463. The summed E-state index contributed by atoms with van der Waals surface area (Å²) in [6.45, 7) is 0. The van der Waals surface area contributed by atoms with Gasteiger partial charge in [-0.3, -0.25) is 0 Å². The predicted octanol–water partition coefficient (Wildman–Crippen LogP) is 4.19. The van der Waals surface area contributed by atoms with E-state index in [-0.39, 0.29) is 5.88 Å². The molecule has 0 spiro atoms. The molecule has 4 nitrogen and oxygen atoms in total. The first-order valence-corrected chi connectivity index (χ1v) is 7.26. The Bertz CT molecular complexity index is 578. The van der Waals surface area contributed by atoms with Gasteiger partial charge in [0.2, 0.25) is 5.88 Å². The molecule has 0 unspecified atom stereocenters. The van der Waals surface area contributed by atoms with E-state index >= 15 is 0 Å². The summed E-state index contributed by atoms with van der Waals surface area (Å²) in [6, 6.07) is 9.11. The van der Waals surface area contributed by atoms with E-state index in [1.807, 2.05) is 30.5 Å². The second kappa shape index (κ2) is 6.34. The number of hydrogen-bond donors (Lipinski definition) is 2. The normalized spacial score (nSPS) is 10.3. The quantitative estimate of drug-likeness (QED) is 0.503. The molecular formula is C12H11Cl2N3OS. The Morgan fingerprint density at radius 2 is 1.89 bits per heavy atom. The summed E-state index contributed by atoms with van der Waals surface area (Å²) >= 11 is 13.6. The number of anilines is 1. The van der Waals surface area contributed by atoms with Crippen LogP contribution in [0.4, 0.5) is 5.82 Å². The Morgan fingerprint density at radius 3 is 2.47 bits per heavy atom. The molecule has 0 aliphatic carbocycles. The number of thioether (sulfide) groups is 1. The lowest BCUT2D eigenvalue weighted by Crippen LogP contribution is -2.09. The monoisotopic (exact) mass is 315 g/mol. The van der Waals surface area contributed by atoms with Crippen molar-refractivity contribution in [1.82, 2.24) is 4.98 Å². The third kappa shape index (κ3) is 3.45. The molecule has 0 bridgehead atoms. The van der Waals surface area contributed by atoms with Crippen molar-refractivity contribution in [2.75, 3.05) is 11.7 Å². The number of rotatable bonds is 4. The van der Waals surface area contributed by atoms with Gasteiger partial charge < -0.3 is 10.2 Å². The van der Waals surface area contributed by atoms with Crippen LogP contribution in [0, 0.1) is 0 Å². The molecule has 0 aliphatic rings. The summed E-state index contributed by atoms with van der Waals surface area (Å²) in [5, 5.41) is 0.649. The van der Waals surface area contributed by atoms with Gasteiger partial charge in [0, 0.05) is 4.90 Å². The molecule has 0 radical (unpaired) electrons. The van der Waals surface area contributed by atoms with Gasteiger partial charge in [0.1, 0.15) is 10.8 Å². The Hall–Kier alpha value is -1.14. The van der Waals surface area contributed by atoms with Crippen LogP contribution in [0.15, 0.2) is 35.2 Å². The molecule has 7 heteroatoms. The molecule has 2 rings (SSSR count). The molecule has 19 heavy (non-hydrogen) atoms. The second-order valence-corrected chi connectivity index (χ2v) is 5.22. The Labute approximate surface area is 125 Å². The number of benzene rings is 1. The van der Waals surface area contributed by atoms with Crippen molar-refractivity contribution < 1.29 is 4.74 Å². The van der Waals surface area contributed by atoms with Gasteiger partial charge in [-0.2, -0.15) is 4.98 Å². The average Bonchev–Trinajstić information content (AvgIpc) is 2.42. The third-order valence-electron chi connectivity index (χ3n) is 2.31. The van der Waals surface area contributed by atoms with E-state index in [1.165, 1.54) is 6.07 Å². The van der Waals surface area contributed by atoms with Gasteiger partial charge in [-0.25, -0.2) is 5.84 Å². The van der Waals surface area contributed by atoms with E-state index in [9.17, 15) is 0 Å². The predicted molar refractivity (Wildman–Crippen MR) is 80.4 cm³/mol. The zero-order valence-corrected chi connectivity index (χ0v) is 12.3. The fourth-order valence-corrected chi connectivity index (χ4v) is 2.24. The standard InChI is InChI=1S/C12H11Cl2N3OS/c1-19-8-4-2-7(3-5-8)18-12-10(14)6-9(13)11(16-12)17-15/h2-6H,15H2,1H3,(H,16,17). The van der Waals surface area contributed by atoms with E-state index < -0.39 is 0 Å². The van der Waals surface area contributed by atoms with Gasteiger partial charge in [0.05, 0.1) is 5.02 Å². The summed E-state index contributed by atoms with van der Waals surface area (Å²) in [7, 11) is 0. The van der Waals surface area contributed by atoms with Crippen molar-refractivity contribution in [3.05, 3.63) is 40.4 Å². The summed E-state index contributed by atoms with van der Waals surface area (Å²) in [5.74, 6) is 6.49. The molecule has 3 N–H and O–H groups in total. The summed E-state index contributed by atoms with van der Waals surface area (Å²) in [6.07, 6.45) is 2.01. The molecule has 0 aliphatic heterocycles. The van der Waals surface area contributed by atoms with Crippen molar-refractivity contribution in [3.63, 3.8) is 0 Å². The first kappa shape index (κ1) is 14.3. The van der Waals surface area contributed by atoms with Crippen molar-refractivity contribution in [1.29, 1.82) is 0 Å². The molecule has 1 aromatic carbocycles. The molecule has 0 atom stereocenters. The topological polar surface area (TPSA) is 60.2 Å². The van der Waals surface area contributed by atoms with Crippen LogP contribution in [0.25, 0.3) is 0 Å². The van der Waals surface area contributed by atoms with E-state index in [0.717, 1.165) is 4.90 Å². The number of halogens is 2. The number of pyridine rings is 1.